The van der Waals surface area contributed by atoms with Crippen molar-refractivity contribution < 1.29 is 22.7 Å². The second-order valence-electron chi connectivity index (χ2n) is 5.03. The van der Waals surface area contributed by atoms with Crippen LogP contribution in [0.25, 0.3) is 0 Å². The summed E-state index contributed by atoms with van der Waals surface area (Å²) in [4.78, 5) is 12.6. The number of alkyl halides is 3. The monoisotopic (exact) mass is 287 g/mol. The predicted octanol–water partition coefficient (Wildman–Crippen LogP) is 3.13. The van der Waals surface area contributed by atoms with Gasteiger partial charge in [0.15, 0.2) is 6.29 Å². The number of benzene rings is 1. The molecular formula is C14H16F3NO2. The third-order valence-electron chi connectivity index (χ3n) is 3.41. The number of carbonyl (C=O) groups is 1. The Kier molecular flexibility index (Phi) is 4.04. The lowest BCUT2D eigenvalue weighted by Crippen LogP contribution is -2.47. The zero-order valence-electron chi connectivity index (χ0n) is 11.3. The molecule has 110 valence electrons. The first-order valence-corrected chi connectivity index (χ1v) is 6.37. The van der Waals surface area contributed by atoms with Gasteiger partial charge in [-0.2, -0.15) is 13.2 Å². The first-order valence-electron chi connectivity index (χ1n) is 6.37. The Hall–Kier alpha value is -1.56. The molecule has 1 aromatic carbocycles. The summed E-state index contributed by atoms with van der Waals surface area (Å²) in [5.74, 6) is 0. The van der Waals surface area contributed by atoms with E-state index in [9.17, 15) is 18.0 Å². The molecule has 0 aliphatic carbocycles. The summed E-state index contributed by atoms with van der Waals surface area (Å²) in [5, 5.41) is 0. The van der Waals surface area contributed by atoms with Crippen molar-refractivity contribution >= 4 is 12.0 Å². The summed E-state index contributed by atoms with van der Waals surface area (Å²) >= 11 is 0. The van der Waals surface area contributed by atoms with Crippen LogP contribution in [0.4, 0.5) is 18.9 Å². The predicted molar refractivity (Wildman–Crippen MR) is 69.1 cm³/mol. The molecule has 1 aliphatic rings. The van der Waals surface area contributed by atoms with E-state index < -0.39 is 11.7 Å². The van der Waals surface area contributed by atoms with Crippen LogP contribution < -0.4 is 4.90 Å². The van der Waals surface area contributed by atoms with Crippen LogP contribution in [0.1, 0.15) is 29.8 Å². The minimum Gasteiger partial charge on any atom is -0.375 e. The van der Waals surface area contributed by atoms with Gasteiger partial charge in [-0.1, -0.05) is 0 Å². The van der Waals surface area contributed by atoms with E-state index in [1.807, 2.05) is 18.7 Å². The van der Waals surface area contributed by atoms with E-state index in [0.717, 1.165) is 6.07 Å². The molecule has 2 atom stereocenters. The van der Waals surface area contributed by atoms with Crippen molar-refractivity contribution in [1.29, 1.82) is 0 Å². The van der Waals surface area contributed by atoms with E-state index in [0.29, 0.717) is 18.8 Å². The highest BCUT2D eigenvalue weighted by atomic mass is 19.4. The second kappa shape index (κ2) is 5.44. The van der Waals surface area contributed by atoms with Crippen molar-refractivity contribution in [2.75, 3.05) is 18.1 Å². The summed E-state index contributed by atoms with van der Waals surface area (Å²) in [6.07, 6.45) is -4.34. The maximum absolute atomic E-state index is 13.0. The third-order valence-corrected chi connectivity index (χ3v) is 3.41. The normalized spacial score (nSPS) is 23.8. The Balaban J connectivity index is 2.40. The number of carbonyl (C=O) groups excluding carboxylic acids is 1. The first kappa shape index (κ1) is 14.8. The lowest BCUT2D eigenvalue weighted by molar-refractivity contribution is -0.137. The third kappa shape index (κ3) is 2.95. The van der Waals surface area contributed by atoms with Crippen LogP contribution in [0, 0.1) is 0 Å². The Morgan fingerprint density at radius 3 is 2.65 bits per heavy atom. The van der Waals surface area contributed by atoms with Gasteiger partial charge in [0.2, 0.25) is 0 Å². The number of anilines is 1. The molecule has 1 aromatic rings. The number of nitrogens with zero attached hydrogens (tertiary/aromatic N) is 1. The van der Waals surface area contributed by atoms with Crippen LogP contribution in [0.3, 0.4) is 0 Å². The van der Waals surface area contributed by atoms with Gasteiger partial charge in [-0.15, -0.1) is 0 Å². The van der Waals surface area contributed by atoms with Crippen LogP contribution in [-0.2, 0) is 10.9 Å². The van der Waals surface area contributed by atoms with Crippen LogP contribution in [0.15, 0.2) is 18.2 Å². The molecule has 20 heavy (non-hydrogen) atoms. The maximum atomic E-state index is 13.0. The lowest BCUT2D eigenvalue weighted by atomic mass is 10.0. The van der Waals surface area contributed by atoms with E-state index in [2.05, 4.69) is 0 Å². The van der Waals surface area contributed by atoms with Gasteiger partial charge >= 0.3 is 6.18 Å². The number of ether oxygens (including phenoxy) is 1. The standard InChI is InChI=1S/C14H16F3NO2/c1-9-8-20-10(2)6-18(9)12-4-3-11(7-19)13(5-12)14(15,16)17/h3-5,7,9-10H,6,8H2,1-2H3. The van der Waals surface area contributed by atoms with E-state index >= 15 is 0 Å². The molecule has 0 N–H and O–H groups in total. The number of hydrogen-bond donors (Lipinski definition) is 0. The molecule has 3 nitrogen and oxygen atoms in total. The number of halogens is 3. The number of morpholine rings is 1. The number of hydrogen-bond acceptors (Lipinski definition) is 3. The largest absolute Gasteiger partial charge is 0.417 e. The van der Waals surface area contributed by atoms with Gasteiger partial charge in [0.05, 0.1) is 18.3 Å². The highest BCUT2D eigenvalue weighted by Crippen LogP contribution is 2.35. The minimum atomic E-state index is -4.53. The van der Waals surface area contributed by atoms with Crippen molar-refractivity contribution in [2.24, 2.45) is 0 Å². The Bertz CT molecular complexity index is 502. The van der Waals surface area contributed by atoms with Gasteiger partial charge in [-0.05, 0) is 32.0 Å². The molecule has 1 saturated heterocycles. The van der Waals surface area contributed by atoms with Gasteiger partial charge in [-0.3, -0.25) is 4.79 Å². The maximum Gasteiger partial charge on any atom is 0.417 e. The molecule has 6 heteroatoms. The zero-order valence-corrected chi connectivity index (χ0v) is 11.3. The van der Waals surface area contributed by atoms with Crippen molar-refractivity contribution in [2.45, 2.75) is 32.2 Å². The van der Waals surface area contributed by atoms with Gasteiger partial charge in [0.25, 0.3) is 0 Å². The van der Waals surface area contributed by atoms with E-state index in [1.165, 1.54) is 6.07 Å². The first-order chi connectivity index (χ1) is 9.32. The van der Waals surface area contributed by atoms with E-state index in [4.69, 9.17) is 4.74 Å². The molecule has 0 amide bonds. The molecule has 2 rings (SSSR count). The highest BCUT2D eigenvalue weighted by molar-refractivity contribution is 5.79. The van der Waals surface area contributed by atoms with Crippen LogP contribution in [-0.4, -0.2) is 31.6 Å². The van der Waals surface area contributed by atoms with Crippen LogP contribution in [0.5, 0.6) is 0 Å². The minimum absolute atomic E-state index is 0.00522. The molecule has 0 saturated carbocycles. The summed E-state index contributed by atoms with van der Waals surface area (Å²) in [6.45, 7) is 4.77. The van der Waals surface area contributed by atoms with Crippen molar-refractivity contribution in [3.8, 4) is 0 Å². The molecule has 0 spiro atoms. The molecule has 1 aliphatic heterocycles. The summed E-state index contributed by atoms with van der Waals surface area (Å²) in [7, 11) is 0. The van der Waals surface area contributed by atoms with E-state index in [-0.39, 0.29) is 24.0 Å². The molecule has 0 radical (unpaired) electrons. The number of rotatable bonds is 2. The Morgan fingerprint density at radius 2 is 2.05 bits per heavy atom. The van der Waals surface area contributed by atoms with Gasteiger partial charge in [0, 0.05) is 23.8 Å². The fourth-order valence-electron chi connectivity index (χ4n) is 2.33. The van der Waals surface area contributed by atoms with Gasteiger partial charge in [-0.25, -0.2) is 0 Å². The number of aldehydes is 1. The SMILES string of the molecule is CC1CN(c2ccc(C=O)c(C(F)(F)F)c2)C(C)CO1. The summed E-state index contributed by atoms with van der Waals surface area (Å²) in [5.41, 5.74) is -0.767. The molecule has 0 bridgehead atoms. The fraction of sp³-hybridized carbons (Fsp3) is 0.500. The average molecular weight is 287 g/mol. The fourth-order valence-corrected chi connectivity index (χ4v) is 2.33. The molecule has 0 aromatic heterocycles. The molecule has 1 fully saturated rings. The topological polar surface area (TPSA) is 29.5 Å². The smallest absolute Gasteiger partial charge is 0.375 e. The van der Waals surface area contributed by atoms with Crippen molar-refractivity contribution in [3.63, 3.8) is 0 Å². The summed E-state index contributed by atoms with van der Waals surface area (Å²) in [6, 6.07) is 3.80. The highest BCUT2D eigenvalue weighted by Gasteiger charge is 2.34. The summed E-state index contributed by atoms with van der Waals surface area (Å²) < 4.78 is 44.3. The second-order valence-corrected chi connectivity index (χ2v) is 5.03. The van der Waals surface area contributed by atoms with Crippen LogP contribution >= 0.6 is 0 Å². The molecule has 1 heterocycles. The Labute approximate surface area is 115 Å². The molecule has 2 unspecified atom stereocenters. The van der Waals surface area contributed by atoms with Gasteiger partial charge < -0.3 is 9.64 Å². The Morgan fingerprint density at radius 1 is 1.35 bits per heavy atom. The van der Waals surface area contributed by atoms with E-state index in [1.54, 1.807) is 6.07 Å². The zero-order chi connectivity index (χ0) is 14.9. The van der Waals surface area contributed by atoms with Crippen molar-refractivity contribution in [3.05, 3.63) is 29.3 Å². The molecular weight excluding hydrogens is 271 g/mol. The lowest BCUT2D eigenvalue weighted by Gasteiger charge is -2.38. The average Bonchev–Trinajstić information content (AvgIpc) is 2.40. The van der Waals surface area contributed by atoms with Crippen molar-refractivity contribution in [1.82, 2.24) is 0 Å². The van der Waals surface area contributed by atoms with Gasteiger partial charge in [0.1, 0.15) is 0 Å². The quantitative estimate of drug-likeness (QED) is 0.783. The van der Waals surface area contributed by atoms with Crippen LogP contribution in [0.2, 0.25) is 0 Å².